The number of rotatable bonds is 6. The molecule has 1 aromatic carbocycles. The van der Waals surface area contributed by atoms with Crippen molar-refractivity contribution < 1.29 is 4.74 Å². The molecule has 2 aromatic rings. The van der Waals surface area contributed by atoms with Gasteiger partial charge in [0, 0.05) is 23.2 Å². The van der Waals surface area contributed by atoms with Gasteiger partial charge in [0.25, 0.3) is 0 Å². The van der Waals surface area contributed by atoms with Crippen LogP contribution >= 0.6 is 11.3 Å². The molecule has 0 amide bonds. The van der Waals surface area contributed by atoms with E-state index in [0.29, 0.717) is 6.61 Å². The molecule has 0 fully saturated rings. The van der Waals surface area contributed by atoms with Crippen LogP contribution in [-0.4, -0.2) is 11.6 Å². The Kier molecular flexibility index (Phi) is 4.73. The molecule has 2 rings (SSSR count). The van der Waals surface area contributed by atoms with Crippen LogP contribution in [0.2, 0.25) is 0 Å². The topological polar surface area (TPSA) is 34.1 Å². The van der Waals surface area contributed by atoms with Gasteiger partial charge in [-0.1, -0.05) is 18.2 Å². The van der Waals surface area contributed by atoms with E-state index in [-0.39, 0.29) is 0 Å². The third kappa shape index (κ3) is 3.55. The van der Waals surface area contributed by atoms with Crippen LogP contribution in [0.15, 0.2) is 29.6 Å². The lowest BCUT2D eigenvalue weighted by Gasteiger charge is -2.11. The molecule has 0 unspecified atom stereocenters. The van der Waals surface area contributed by atoms with Crippen molar-refractivity contribution in [2.75, 3.05) is 11.9 Å². The van der Waals surface area contributed by atoms with E-state index >= 15 is 0 Å². The standard InChI is InChI=1S/C14H18N2OS/c1-3-17-9-12-6-4-5-7-14(12)15-8-13-10-18-11(2)16-13/h4-7,10,15H,3,8-9H2,1-2H3. The van der Waals surface area contributed by atoms with E-state index in [9.17, 15) is 0 Å². The fraction of sp³-hybridized carbons (Fsp3) is 0.357. The smallest absolute Gasteiger partial charge is 0.0898 e. The minimum atomic E-state index is 0.649. The van der Waals surface area contributed by atoms with Crippen molar-refractivity contribution in [3.8, 4) is 0 Å². The van der Waals surface area contributed by atoms with E-state index in [2.05, 4.69) is 27.8 Å². The van der Waals surface area contributed by atoms with Gasteiger partial charge in [-0.05, 0) is 19.9 Å². The third-order valence-electron chi connectivity index (χ3n) is 2.61. The minimum absolute atomic E-state index is 0.649. The summed E-state index contributed by atoms with van der Waals surface area (Å²) in [7, 11) is 0. The molecule has 0 saturated heterocycles. The average Bonchev–Trinajstić information content (AvgIpc) is 2.81. The van der Waals surface area contributed by atoms with Crippen molar-refractivity contribution in [3.05, 3.63) is 45.9 Å². The van der Waals surface area contributed by atoms with E-state index in [0.717, 1.165) is 29.5 Å². The Morgan fingerprint density at radius 1 is 1.33 bits per heavy atom. The zero-order chi connectivity index (χ0) is 12.8. The molecule has 1 heterocycles. The molecule has 0 aliphatic carbocycles. The van der Waals surface area contributed by atoms with Crippen LogP contribution in [-0.2, 0) is 17.9 Å². The van der Waals surface area contributed by atoms with Gasteiger partial charge in [0.2, 0.25) is 0 Å². The van der Waals surface area contributed by atoms with Crippen molar-refractivity contribution in [3.63, 3.8) is 0 Å². The Balaban J connectivity index is 1.99. The maximum Gasteiger partial charge on any atom is 0.0898 e. The highest BCUT2D eigenvalue weighted by Gasteiger charge is 2.03. The van der Waals surface area contributed by atoms with Gasteiger partial charge in [0.1, 0.15) is 0 Å². The Morgan fingerprint density at radius 2 is 2.17 bits per heavy atom. The highest BCUT2D eigenvalue weighted by molar-refractivity contribution is 7.09. The van der Waals surface area contributed by atoms with Gasteiger partial charge in [0.05, 0.1) is 23.9 Å². The predicted molar refractivity (Wildman–Crippen MR) is 75.9 cm³/mol. The quantitative estimate of drug-likeness (QED) is 0.863. The number of hydrogen-bond donors (Lipinski definition) is 1. The molecular formula is C14H18N2OS. The lowest BCUT2D eigenvalue weighted by atomic mass is 10.2. The molecule has 3 nitrogen and oxygen atoms in total. The van der Waals surface area contributed by atoms with Crippen LogP contribution < -0.4 is 5.32 Å². The Morgan fingerprint density at radius 3 is 2.89 bits per heavy atom. The minimum Gasteiger partial charge on any atom is -0.379 e. The average molecular weight is 262 g/mol. The first-order valence-corrected chi connectivity index (χ1v) is 6.98. The number of thiazole rings is 1. The highest BCUT2D eigenvalue weighted by Crippen LogP contribution is 2.17. The van der Waals surface area contributed by atoms with Gasteiger partial charge in [-0.3, -0.25) is 0 Å². The summed E-state index contributed by atoms with van der Waals surface area (Å²) in [4.78, 5) is 4.44. The maximum absolute atomic E-state index is 5.46. The van der Waals surface area contributed by atoms with E-state index in [1.165, 1.54) is 5.56 Å². The van der Waals surface area contributed by atoms with E-state index in [1.54, 1.807) is 11.3 Å². The van der Waals surface area contributed by atoms with Crippen molar-refractivity contribution in [2.45, 2.75) is 27.0 Å². The molecule has 1 aromatic heterocycles. The van der Waals surface area contributed by atoms with E-state index in [1.807, 2.05) is 26.0 Å². The van der Waals surface area contributed by atoms with Crippen LogP contribution in [0.5, 0.6) is 0 Å². The van der Waals surface area contributed by atoms with Gasteiger partial charge in [-0.2, -0.15) is 0 Å². The number of benzene rings is 1. The largest absolute Gasteiger partial charge is 0.379 e. The Bertz CT molecular complexity index is 496. The maximum atomic E-state index is 5.46. The third-order valence-corrected chi connectivity index (χ3v) is 3.43. The second kappa shape index (κ2) is 6.52. The summed E-state index contributed by atoms with van der Waals surface area (Å²) in [5.41, 5.74) is 3.40. The number of para-hydroxylation sites is 1. The number of aryl methyl sites for hydroxylation is 1. The first kappa shape index (κ1) is 13.1. The normalized spacial score (nSPS) is 10.6. The molecule has 0 radical (unpaired) electrons. The Hall–Kier alpha value is -1.39. The fourth-order valence-corrected chi connectivity index (χ4v) is 2.32. The predicted octanol–water partition coefficient (Wildman–Crippen LogP) is 3.60. The number of ether oxygens (including phenoxy) is 1. The molecule has 0 bridgehead atoms. The van der Waals surface area contributed by atoms with Crippen molar-refractivity contribution in [1.29, 1.82) is 0 Å². The zero-order valence-corrected chi connectivity index (χ0v) is 11.6. The first-order valence-electron chi connectivity index (χ1n) is 6.10. The molecule has 4 heteroatoms. The number of nitrogens with one attached hydrogen (secondary N) is 1. The fourth-order valence-electron chi connectivity index (χ4n) is 1.71. The van der Waals surface area contributed by atoms with Crippen LogP contribution in [0.1, 0.15) is 23.2 Å². The molecule has 96 valence electrons. The summed E-state index contributed by atoms with van der Waals surface area (Å²) >= 11 is 1.68. The summed E-state index contributed by atoms with van der Waals surface area (Å²) in [5.74, 6) is 0. The second-order valence-corrected chi connectivity index (χ2v) is 5.07. The van der Waals surface area contributed by atoms with Crippen molar-refractivity contribution in [2.24, 2.45) is 0 Å². The summed E-state index contributed by atoms with van der Waals surface area (Å²) in [5, 5.41) is 6.61. The van der Waals surface area contributed by atoms with Crippen molar-refractivity contribution >= 4 is 17.0 Å². The molecular weight excluding hydrogens is 244 g/mol. The van der Waals surface area contributed by atoms with Gasteiger partial charge >= 0.3 is 0 Å². The monoisotopic (exact) mass is 262 g/mol. The van der Waals surface area contributed by atoms with Crippen LogP contribution in [0.4, 0.5) is 5.69 Å². The lowest BCUT2D eigenvalue weighted by Crippen LogP contribution is -2.03. The summed E-state index contributed by atoms with van der Waals surface area (Å²) < 4.78 is 5.46. The molecule has 0 saturated carbocycles. The molecule has 0 aliphatic rings. The van der Waals surface area contributed by atoms with Crippen LogP contribution in [0, 0.1) is 6.92 Å². The van der Waals surface area contributed by atoms with Crippen LogP contribution in [0.3, 0.4) is 0 Å². The highest BCUT2D eigenvalue weighted by atomic mass is 32.1. The lowest BCUT2D eigenvalue weighted by molar-refractivity contribution is 0.134. The molecule has 0 aliphatic heterocycles. The van der Waals surface area contributed by atoms with Crippen molar-refractivity contribution in [1.82, 2.24) is 4.98 Å². The van der Waals surface area contributed by atoms with E-state index in [4.69, 9.17) is 4.74 Å². The Labute approximate surface area is 112 Å². The summed E-state index contributed by atoms with van der Waals surface area (Å²) in [6.07, 6.45) is 0. The zero-order valence-electron chi connectivity index (χ0n) is 10.8. The van der Waals surface area contributed by atoms with Gasteiger partial charge in [-0.25, -0.2) is 4.98 Å². The second-order valence-electron chi connectivity index (χ2n) is 4.01. The summed E-state index contributed by atoms with van der Waals surface area (Å²) in [6.45, 7) is 6.17. The SMILES string of the molecule is CCOCc1ccccc1NCc1csc(C)n1. The number of nitrogens with zero attached hydrogens (tertiary/aromatic N) is 1. The first-order chi connectivity index (χ1) is 8.79. The number of hydrogen-bond acceptors (Lipinski definition) is 4. The molecule has 1 N–H and O–H groups in total. The van der Waals surface area contributed by atoms with E-state index < -0.39 is 0 Å². The molecule has 0 spiro atoms. The molecule has 0 atom stereocenters. The van der Waals surface area contributed by atoms with Gasteiger partial charge in [-0.15, -0.1) is 11.3 Å². The van der Waals surface area contributed by atoms with Gasteiger partial charge < -0.3 is 10.1 Å². The van der Waals surface area contributed by atoms with Gasteiger partial charge in [0.15, 0.2) is 0 Å². The molecule has 18 heavy (non-hydrogen) atoms. The number of anilines is 1. The summed E-state index contributed by atoms with van der Waals surface area (Å²) in [6, 6.07) is 8.23. The van der Waals surface area contributed by atoms with Crippen LogP contribution in [0.25, 0.3) is 0 Å². The number of aromatic nitrogens is 1.